The van der Waals surface area contributed by atoms with Gasteiger partial charge in [0, 0.05) is 38.9 Å². The van der Waals surface area contributed by atoms with Gasteiger partial charge in [0.2, 0.25) is 5.91 Å². The summed E-state index contributed by atoms with van der Waals surface area (Å²) in [7, 11) is 0. The quantitative estimate of drug-likeness (QED) is 0.886. The maximum atomic E-state index is 13.5. The number of benzene rings is 1. The van der Waals surface area contributed by atoms with Gasteiger partial charge in [-0.15, -0.1) is 0 Å². The van der Waals surface area contributed by atoms with Crippen LogP contribution in [-0.2, 0) is 9.53 Å². The summed E-state index contributed by atoms with van der Waals surface area (Å²) >= 11 is 0. The van der Waals surface area contributed by atoms with Gasteiger partial charge in [0.05, 0.1) is 12.2 Å². The van der Waals surface area contributed by atoms with Crippen LogP contribution in [-0.4, -0.2) is 48.7 Å². The number of piperidine rings is 1. The Bertz CT molecular complexity index is 600. The number of para-hydroxylation sites is 1. The molecule has 1 aromatic rings. The molecule has 1 aromatic carbocycles. The van der Waals surface area contributed by atoms with Crippen molar-refractivity contribution >= 4 is 17.7 Å². The lowest BCUT2D eigenvalue weighted by Crippen LogP contribution is -2.47. The van der Waals surface area contributed by atoms with E-state index >= 15 is 0 Å². The number of hydrogen-bond donors (Lipinski definition) is 2. The first kappa shape index (κ1) is 15.7. The number of likely N-dealkylation sites (tertiary alicyclic amines) is 1. The summed E-state index contributed by atoms with van der Waals surface area (Å²) in [5.74, 6) is -0.638. The van der Waals surface area contributed by atoms with Gasteiger partial charge < -0.3 is 20.3 Å². The predicted octanol–water partition coefficient (Wildman–Crippen LogP) is 1.73. The molecular formula is C16H20FN3O3. The first-order valence-corrected chi connectivity index (χ1v) is 7.80. The number of carbonyl (C=O) groups is 2. The highest BCUT2D eigenvalue weighted by Gasteiger charge is 2.42. The maximum Gasteiger partial charge on any atom is 0.407 e. The van der Waals surface area contributed by atoms with Gasteiger partial charge in [-0.1, -0.05) is 12.1 Å². The number of nitrogens with zero attached hydrogens (tertiary/aromatic N) is 1. The van der Waals surface area contributed by atoms with Crippen molar-refractivity contribution in [2.45, 2.75) is 24.9 Å². The highest BCUT2D eigenvalue weighted by atomic mass is 19.1. The van der Waals surface area contributed by atoms with Gasteiger partial charge in [-0.3, -0.25) is 4.79 Å². The largest absolute Gasteiger partial charge is 0.441 e. The SMILES string of the molecule is O=C(CCN1CCC2(CC1)CNC(=O)O2)Nc1ccccc1F. The maximum absolute atomic E-state index is 13.5. The zero-order valence-corrected chi connectivity index (χ0v) is 12.8. The number of hydrogen-bond acceptors (Lipinski definition) is 4. The van der Waals surface area contributed by atoms with E-state index in [1.807, 2.05) is 0 Å². The molecule has 124 valence electrons. The Morgan fingerprint density at radius 1 is 1.35 bits per heavy atom. The molecule has 1 spiro atoms. The molecule has 0 unspecified atom stereocenters. The van der Waals surface area contributed by atoms with E-state index in [0.717, 1.165) is 25.9 Å². The van der Waals surface area contributed by atoms with Gasteiger partial charge in [-0.2, -0.15) is 0 Å². The summed E-state index contributed by atoms with van der Waals surface area (Å²) in [5, 5.41) is 5.28. The molecular weight excluding hydrogens is 301 g/mol. The molecule has 0 aromatic heterocycles. The average molecular weight is 321 g/mol. The molecule has 0 bridgehead atoms. The van der Waals surface area contributed by atoms with E-state index in [2.05, 4.69) is 15.5 Å². The Labute approximate surface area is 134 Å². The lowest BCUT2D eigenvalue weighted by molar-refractivity contribution is -0.116. The van der Waals surface area contributed by atoms with E-state index in [1.165, 1.54) is 6.07 Å². The lowest BCUT2D eigenvalue weighted by atomic mass is 9.91. The van der Waals surface area contributed by atoms with Gasteiger partial charge in [0.15, 0.2) is 0 Å². The second-order valence-corrected chi connectivity index (χ2v) is 6.05. The van der Waals surface area contributed by atoms with Gasteiger partial charge in [0.25, 0.3) is 0 Å². The molecule has 7 heteroatoms. The van der Waals surface area contributed by atoms with Crippen LogP contribution < -0.4 is 10.6 Å². The van der Waals surface area contributed by atoms with E-state index in [0.29, 0.717) is 19.5 Å². The van der Waals surface area contributed by atoms with Crippen LogP contribution in [0.5, 0.6) is 0 Å². The molecule has 6 nitrogen and oxygen atoms in total. The fourth-order valence-electron chi connectivity index (χ4n) is 3.00. The zero-order chi connectivity index (χ0) is 16.3. The molecule has 0 aliphatic carbocycles. The fraction of sp³-hybridized carbons (Fsp3) is 0.500. The molecule has 0 radical (unpaired) electrons. The summed E-state index contributed by atoms with van der Waals surface area (Å²) in [6, 6.07) is 6.12. The first-order valence-electron chi connectivity index (χ1n) is 7.80. The van der Waals surface area contributed by atoms with Crippen LogP contribution in [0.4, 0.5) is 14.9 Å². The third kappa shape index (κ3) is 3.79. The van der Waals surface area contributed by atoms with Crippen LogP contribution in [0, 0.1) is 5.82 Å². The summed E-state index contributed by atoms with van der Waals surface area (Å²) < 4.78 is 18.8. The van der Waals surface area contributed by atoms with Crippen molar-refractivity contribution in [1.29, 1.82) is 0 Å². The van der Waals surface area contributed by atoms with E-state index in [9.17, 15) is 14.0 Å². The summed E-state index contributed by atoms with van der Waals surface area (Å²) in [4.78, 5) is 25.3. The van der Waals surface area contributed by atoms with Crippen molar-refractivity contribution in [1.82, 2.24) is 10.2 Å². The van der Waals surface area contributed by atoms with Gasteiger partial charge in [-0.25, -0.2) is 9.18 Å². The van der Waals surface area contributed by atoms with Gasteiger partial charge >= 0.3 is 6.09 Å². The van der Waals surface area contributed by atoms with Crippen molar-refractivity contribution in [3.05, 3.63) is 30.1 Å². The number of anilines is 1. The molecule has 2 aliphatic rings. The number of alkyl carbamates (subject to hydrolysis) is 1. The molecule has 2 saturated heterocycles. The topological polar surface area (TPSA) is 70.7 Å². The minimum Gasteiger partial charge on any atom is -0.441 e. The molecule has 2 heterocycles. The van der Waals surface area contributed by atoms with Crippen molar-refractivity contribution in [2.75, 3.05) is 31.5 Å². The minimum absolute atomic E-state index is 0.204. The van der Waals surface area contributed by atoms with Crippen molar-refractivity contribution in [2.24, 2.45) is 0 Å². The van der Waals surface area contributed by atoms with Crippen molar-refractivity contribution in [3.63, 3.8) is 0 Å². The minimum atomic E-state index is -0.434. The standard InChI is InChI=1S/C16H20FN3O3/c17-12-3-1-2-4-13(12)19-14(21)5-8-20-9-6-16(7-10-20)11-18-15(22)23-16/h1-4H,5-11H2,(H,18,22)(H,19,21). The Morgan fingerprint density at radius 2 is 2.09 bits per heavy atom. The number of ether oxygens (including phenoxy) is 1. The van der Waals surface area contributed by atoms with Gasteiger partial charge in [0.1, 0.15) is 11.4 Å². The third-order valence-corrected chi connectivity index (χ3v) is 4.43. The number of rotatable bonds is 4. The Hall–Kier alpha value is -2.15. The molecule has 0 saturated carbocycles. The second kappa shape index (κ2) is 6.54. The summed E-state index contributed by atoms with van der Waals surface area (Å²) in [6.45, 7) is 2.73. The molecule has 0 atom stereocenters. The van der Waals surface area contributed by atoms with Gasteiger partial charge in [-0.05, 0) is 12.1 Å². The number of amides is 2. The Balaban J connectivity index is 1.42. The third-order valence-electron chi connectivity index (χ3n) is 4.43. The van der Waals surface area contributed by atoms with Crippen LogP contribution >= 0.6 is 0 Å². The summed E-state index contributed by atoms with van der Waals surface area (Å²) in [6.07, 6.45) is 1.49. The Kier molecular flexibility index (Phi) is 4.47. The number of nitrogens with one attached hydrogen (secondary N) is 2. The van der Waals surface area contributed by atoms with Crippen molar-refractivity contribution in [3.8, 4) is 0 Å². The monoisotopic (exact) mass is 321 g/mol. The average Bonchev–Trinajstić information content (AvgIpc) is 2.90. The lowest BCUT2D eigenvalue weighted by Gasteiger charge is -2.37. The van der Waals surface area contributed by atoms with Crippen LogP contribution in [0.25, 0.3) is 0 Å². The van der Waals surface area contributed by atoms with E-state index in [4.69, 9.17) is 4.74 Å². The van der Waals surface area contributed by atoms with Crippen LogP contribution in [0.2, 0.25) is 0 Å². The molecule has 3 rings (SSSR count). The van der Waals surface area contributed by atoms with E-state index < -0.39 is 5.82 Å². The van der Waals surface area contributed by atoms with Crippen LogP contribution in [0.1, 0.15) is 19.3 Å². The zero-order valence-electron chi connectivity index (χ0n) is 12.8. The van der Waals surface area contributed by atoms with Crippen molar-refractivity contribution < 1.29 is 18.7 Å². The molecule has 2 amide bonds. The smallest absolute Gasteiger partial charge is 0.407 e. The van der Waals surface area contributed by atoms with Crippen LogP contribution in [0.15, 0.2) is 24.3 Å². The molecule has 2 aliphatic heterocycles. The number of halogens is 1. The summed E-state index contributed by atoms with van der Waals surface area (Å²) in [5.41, 5.74) is -0.165. The second-order valence-electron chi connectivity index (χ2n) is 6.05. The number of carbonyl (C=O) groups excluding carboxylic acids is 2. The normalized spacial score (nSPS) is 20.1. The first-order chi connectivity index (χ1) is 11.1. The highest BCUT2D eigenvalue weighted by Crippen LogP contribution is 2.29. The Morgan fingerprint density at radius 3 is 2.74 bits per heavy atom. The van der Waals surface area contributed by atoms with E-state index in [-0.39, 0.29) is 23.3 Å². The fourth-order valence-corrected chi connectivity index (χ4v) is 3.00. The predicted molar refractivity (Wildman–Crippen MR) is 82.5 cm³/mol. The van der Waals surface area contributed by atoms with E-state index in [1.54, 1.807) is 18.2 Å². The molecule has 2 N–H and O–H groups in total. The highest BCUT2D eigenvalue weighted by molar-refractivity contribution is 5.90. The molecule has 2 fully saturated rings. The van der Waals surface area contributed by atoms with Crippen LogP contribution in [0.3, 0.4) is 0 Å². The molecule has 23 heavy (non-hydrogen) atoms.